The number of aromatic amines is 1. The van der Waals surface area contributed by atoms with Crippen LogP contribution in [0.5, 0.6) is 5.75 Å². The molecule has 0 spiro atoms. The smallest absolute Gasteiger partial charge is 0.246 e. The quantitative estimate of drug-likeness (QED) is 0.150. The van der Waals surface area contributed by atoms with Gasteiger partial charge in [-0.15, -0.1) is 0 Å². The van der Waals surface area contributed by atoms with Crippen molar-refractivity contribution in [2.24, 2.45) is 5.92 Å². The Balaban J connectivity index is 1.44. The Morgan fingerprint density at radius 1 is 0.755 bits per heavy atom. The standard InChI is InChI=1S/C36H44N8O9/c1-19(2)30-34(51)39-18-29(48)43-31(32(49)20-9-11-22(45)12-10-20)35(52)40-16-27(46)41-25(14-21-15-37-24-7-4-3-6-23(21)24)36(53)44-13-5-8-26(44)33(50)38-17-28(47)42-30/h3-4,6-7,9-12,15,19,25-26,30-32,37,45,49H,5,8,13-14,16-18H2,1-2H3,(H,38,50)(H,39,51)(H,40,52)(H,41,46)(H,42,47)(H,43,48). The van der Waals surface area contributed by atoms with Gasteiger partial charge >= 0.3 is 0 Å². The number of para-hydroxylation sites is 1. The molecule has 7 amide bonds. The molecule has 0 saturated carbocycles. The van der Waals surface area contributed by atoms with Gasteiger partial charge < -0.3 is 52.0 Å². The summed E-state index contributed by atoms with van der Waals surface area (Å²) in [5, 5.41) is 36.7. The number of nitrogens with one attached hydrogen (secondary N) is 7. The van der Waals surface area contributed by atoms with E-state index in [4.69, 9.17) is 0 Å². The number of fused-ring (bicyclic) bond motifs is 2. The van der Waals surface area contributed by atoms with Crippen LogP contribution in [0, 0.1) is 5.92 Å². The van der Waals surface area contributed by atoms with Crippen molar-refractivity contribution >= 4 is 52.3 Å². The van der Waals surface area contributed by atoms with Crippen LogP contribution in [0.1, 0.15) is 43.9 Å². The molecule has 2 aromatic carbocycles. The molecular weight excluding hydrogens is 688 g/mol. The number of rotatable bonds is 5. The van der Waals surface area contributed by atoms with Crippen LogP contribution < -0.4 is 31.9 Å². The second kappa shape index (κ2) is 17.0. The first-order chi connectivity index (χ1) is 25.3. The van der Waals surface area contributed by atoms with Crippen LogP contribution in [-0.2, 0) is 40.0 Å². The lowest BCUT2D eigenvalue weighted by Gasteiger charge is -2.29. The maximum absolute atomic E-state index is 14.1. The number of aliphatic hydroxyl groups excluding tert-OH is 1. The number of hydrogen-bond acceptors (Lipinski definition) is 9. The van der Waals surface area contributed by atoms with Gasteiger partial charge in [-0.3, -0.25) is 33.6 Å². The van der Waals surface area contributed by atoms with Crippen molar-refractivity contribution in [3.63, 3.8) is 0 Å². The predicted molar refractivity (Wildman–Crippen MR) is 189 cm³/mol. The number of H-pyrrole nitrogens is 1. The molecule has 5 unspecified atom stereocenters. The van der Waals surface area contributed by atoms with Crippen LogP contribution >= 0.6 is 0 Å². The van der Waals surface area contributed by atoms with Gasteiger partial charge in [-0.1, -0.05) is 44.2 Å². The molecule has 282 valence electrons. The zero-order chi connectivity index (χ0) is 38.2. The second-order valence-corrected chi connectivity index (χ2v) is 13.4. The Morgan fingerprint density at radius 2 is 1.34 bits per heavy atom. The van der Waals surface area contributed by atoms with E-state index in [1.807, 2.05) is 24.3 Å². The van der Waals surface area contributed by atoms with Crippen molar-refractivity contribution in [2.45, 2.75) is 63.4 Å². The number of amides is 7. The molecule has 1 aromatic heterocycles. The van der Waals surface area contributed by atoms with E-state index in [0.717, 1.165) is 10.9 Å². The SMILES string of the molecule is CC(C)C1NC(=O)CNC(=O)C2CCCN2C(=O)C(Cc2c[nH]c3ccccc23)NC(=O)CNC(=O)C(C(O)c2ccc(O)cc2)NC(=O)CNC1=O. The van der Waals surface area contributed by atoms with E-state index in [1.165, 1.54) is 29.2 Å². The minimum Gasteiger partial charge on any atom is -0.508 e. The van der Waals surface area contributed by atoms with Gasteiger partial charge in [-0.25, -0.2) is 0 Å². The lowest BCUT2D eigenvalue weighted by molar-refractivity contribution is -0.141. The fraction of sp³-hybridized carbons (Fsp3) is 0.417. The van der Waals surface area contributed by atoms with E-state index >= 15 is 0 Å². The number of phenolic OH excluding ortho intramolecular Hbond substituents is 1. The summed E-state index contributed by atoms with van der Waals surface area (Å²) in [6.07, 6.45) is 0.903. The van der Waals surface area contributed by atoms with Crippen molar-refractivity contribution in [1.82, 2.24) is 41.8 Å². The van der Waals surface area contributed by atoms with Crippen LogP contribution in [0.3, 0.4) is 0 Å². The third-order valence-corrected chi connectivity index (χ3v) is 9.26. The summed E-state index contributed by atoms with van der Waals surface area (Å²) in [5.41, 5.74) is 1.68. The maximum Gasteiger partial charge on any atom is 0.246 e. The van der Waals surface area contributed by atoms with Gasteiger partial charge in [0.15, 0.2) is 0 Å². The highest BCUT2D eigenvalue weighted by atomic mass is 16.3. The summed E-state index contributed by atoms with van der Waals surface area (Å²) in [7, 11) is 0. The van der Waals surface area contributed by atoms with Crippen LogP contribution in [0.15, 0.2) is 54.7 Å². The number of aromatic nitrogens is 1. The summed E-state index contributed by atoms with van der Waals surface area (Å²) in [5.74, 6) is -5.68. The summed E-state index contributed by atoms with van der Waals surface area (Å²) < 4.78 is 0. The van der Waals surface area contributed by atoms with E-state index in [0.29, 0.717) is 18.4 Å². The number of nitrogens with zero attached hydrogens (tertiary/aromatic N) is 1. The van der Waals surface area contributed by atoms with E-state index < -0.39 is 97.2 Å². The molecule has 0 radical (unpaired) electrons. The van der Waals surface area contributed by atoms with E-state index in [9.17, 15) is 43.8 Å². The molecule has 2 aliphatic rings. The molecular formula is C36H44N8O9. The minimum atomic E-state index is -1.67. The Hall–Kier alpha value is -5.97. The topological polar surface area (TPSA) is 251 Å². The normalized spacial score (nSPS) is 23.5. The number of aromatic hydroxyl groups is 1. The lowest BCUT2D eigenvalue weighted by Crippen LogP contribution is -2.56. The summed E-state index contributed by atoms with van der Waals surface area (Å²) in [4.78, 5) is 97.9. The fourth-order valence-electron chi connectivity index (χ4n) is 6.44. The van der Waals surface area contributed by atoms with Crippen LogP contribution in [0.25, 0.3) is 10.9 Å². The molecule has 17 nitrogen and oxygen atoms in total. The molecule has 53 heavy (non-hydrogen) atoms. The molecule has 0 bridgehead atoms. The first kappa shape index (κ1) is 38.3. The Bertz CT molecular complexity index is 1860. The largest absolute Gasteiger partial charge is 0.508 e. The maximum atomic E-state index is 14.1. The van der Waals surface area contributed by atoms with Crippen molar-refractivity contribution < 1.29 is 43.8 Å². The third-order valence-electron chi connectivity index (χ3n) is 9.26. The number of carbonyl (C=O) groups is 7. The number of benzene rings is 2. The highest BCUT2D eigenvalue weighted by molar-refractivity contribution is 5.97. The van der Waals surface area contributed by atoms with Gasteiger partial charge in [0.25, 0.3) is 0 Å². The number of carbonyl (C=O) groups excluding carboxylic acids is 7. The third kappa shape index (κ3) is 9.48. The first-order valence-corrected chi connectivity index (χ1v) is 17.4. The molecule has 3 heterocycles. The minimum absolute atomic E-state index is 0.0334. The predicted octanol–water partition coefficient (Wildman–Crippen LogP) is -1.39. The fourth-order valence-corrected chi connectivity index (χ4v) is 6.44. The Kier molecular flexibility index (Phi) is 12.3. The highest BCUT2D eigenvalue weighted by Crippen LogP contribution is 2.23. The van der Waals surface area contributed by atoms with Crippen molar-refractivity contribution in [1.29, 1.82) is 0 Å². The average molecular weight is 733 g/mol. The van der Waals surface area contributed by atoms with E-state index in [1.54, 1.807) is 20.0 Å². The van der Waals surface area contributed by atoms with Gasteiger partial charge in [0.1, 0.15) is 36.0 Å². The molecule has 17 heteroatoms. The zero-order valence-electron chi connectivity index (χ0n) is 29.3. The molecule has 5 rings (SSSR count). The second-order valence-electron chi connectivity index (χ2n) is 13.4. The first-order valence-electron chi connectivity index (χ1n) is 17.4. The number of aliphatic hydroxyl groups is 1. The van der Waals surface area contributed by atoms with Crippen molar-refractivity contribution in [2.75, 3.05) is 26.2 Å². The highest BCUT2D eigenvalue weighted by Gasteiger charge is 2.39. The molecule has 0 aliphatic carbocycles. The van der Waals surface area contributed by atoms with Crippen LogP contribution in [-0.4, -0.2) is 112 Å². The van der Waals surface area contributed by atoms with Crippen molar-refractivity contribution in [3.05, 3.63) is 65.9 Å². The van der Waals surface area contributed by atoms with E-state index in [-0.39, 0.29) is 24.3 Å². The van der Waals surface area contributed by atoms with Crippen molar-refractivity contribution in [3.8, 4) is 5.75 Å². The van der Waals surface area contributed by atoms with Crippen LogP contribution in [0.4, 0.5) is 0 Å². The lowest BCUT2D eigenvalue weighted by atomic mass is 10.0. The van der Waals surface area contributed by atoms with Crippen LogP contribution in [0.2, 0.25) is 0 Å². The summed E-state index contributed by atoms with van der Waals surface area (Å²) in [6, 6.07) is 7.76. The number of hydrogen-bond donors (Lipinski definition) is 9. The van der Waals surface area contributed by atoms with E-state index in [2.05, 4.69) is 36.9 Å². The molecule has 2 saturated heterocycles. The van der Waals surface area contributed by atoms with Gasteiger partial charge in [0, 0.05) is 30.1 Å². The average Bonchev–Trinajstić information content (AvgIpc) is 3.80. The van der Waals surface area contributed by atoms with Gasteiger partial charge in [-0.2, -0.15) is 0 Å². The summed E-state index contributed by atoms with van der Waals surface area (Å²) >= 11 is 0. The van der Waals surface area contributed by atoms with Gasteiger partial charge in [-0.05, 0) is 48.1 Å². The van der Waals surface area contributed by atoms with Gasteiger partial charge in [0.05, 0.1) is 19.6 Å². The molecule has 3 aromatic rings. The molecule has 5 atom stereocenters. The van der Waals surface area contributed by atoms with Gasteiger partial charge in [0.2, 0.25) is 41.4 Å². The molecule has 2 aliphatic heterocycles. The summed E-state index contributed by atoms with van der Waals surface area (Å²) in [6.45, 7) is 1.76. The zero-order valence-corrected chi connectivity index (χ0v) is 29.3. The molecule has 2 fully saturated rings. The Morgan fingerprint density at radius 3 is 2.00 bits per heavy atom. The monoisotopic (exact) mass is 732 g/mol. The Labute approximate surface area is 304 Å². The number of phenols is 1. The molecule has 9 N–H and O–H groups in total.